The number of nitrogens with one attached hydrogen (secondary N) is 2. The molecule has 1 atom stereocenters. The van der Waals surface area contributed by atoms with Crippen LogP contribution in [0.1, 0.15) is 24.8 Å². The first-order valence-corrected chi connectivity index (χ1v) is 6.15. The van der Waals surface area contributed by atoms with Crippen LogP contribution in [0.15, 0.2) is 0 Å². The molecule has 5 nitrogen and oxygen atoms in total. The van der Waals surface area contributed by atoms with Gasteiger partial charge in [-0.3, -0.25) is 4.79 Å². The molecule has 1 unspecified atom stereocenters. The van der Waals surface area contributed by atoms with Gasteiger partial charge in [0, 0.05) is 6.04 Å². The van der Waals surface area contributed by atoms with Crippen molar-refractivity contribution < 1.29 is 18.0 Å². The van der Waals surface area contributed by atoms with Gasteiger partial charge in [-0.25, -0.2) is 0 Å². The summed E-state index contributed by atoms with van der Waals surface area (Å²) in [6.45, 7) is 1.56. The Kier molecular flexibility index (Phi) is 3.42. The fourth-order valence-corrected chi connectivity index (χ4v) is 1.90. The fourth-order valence-electron chi connectivity index (χ4n) is 1.20. The van der Waals surface area contributed by atoms with Gasteiger partial charge in [0.15, 0.2) is 0 Å². The molecule has 100 valence electrons. The van der Waals surface area contributed by atoms with Crippen LogP contribution >= 0.6 is 11.3 Å². The van der Waals surface area contributed by atoms with Gasteiger partial charge in [-0.2, -0.15) is 13.2 Å². The summed E-state index contributed by atoms with van der Waals surface area (Å²) in [6, 6.07) is -0.429. The summed E-state index contributed by atoms with van der Waals surface area (Å²) in [6.07, 6.45) is -2.60. The van der Waals surface area contributed by atoms with Crippen molar-refractivity contribution in [2.45, 2.75) is 38.0 Å². The summed E-state index contributed by atoms with van der Waals surface area (Å²) in [7, 11) is 0. The molecule has 1 saturated carbocycles. The van der Waals surface area contributed by atoms with E-state index in [4.69, 9.17) is 0 Å². The second kappa shape index (κ2) is 4.71. The van der Waals surface area contributed by atoms with Gasteiger partial charge in [0.05, 0.1) is 0 Å². The first-order valence-electron chi connectivity index (χ1n) is 5.34. The molecule has 0 aromatic carbocycles. The highest BCUT2D eigenvalue weighted by molar-refractivity contribution is 7.15. The standard InChI is InChI=1S/C9H11F3N4OS/c1-4(6(17)14-5-2-3-5)13-8-16-15-7(18-8)9(10,11)12/h4-5H,2-3H2,1H3,(H,13,16)(H,14,17). The van der Waals surface area contributed by atoms with E-state index < -0.39 is 17.2 Å². The van der Waals surface area contributed by atoms with Gasteiger partial charge >= 0.3 is 6.18 Å². The Morgan fingerprint density at radius 3 is 2.61 bits per heavy atom. The second-order valence-electron chi connectivity index (χ2n) is 4.06. The average Bonchev–Trinajstić information content (AvgIpc) is 2.92. The Bertz CT molecular complexity index is 443. The first-order chi connectivity index (χ1) is 8.36. The number of carbonyl (C=O) groups excluding carboxylic acids is 1. The zero-order chi connectivity index (χ0) is 13.3. The largest absolute Gasteiger partial charge is 0.445 e. The van der Waals surface area contributed by atoms with Crippen LogP contribution in [-0.2, 0) is 11.0 Å². The number of nitrogens with zero attached hydrogens (tertiary/aromatic N) is 2. The molecule has 1 aromatic heterocycles. The third kappa shape index (κ3) is 3.31. The quantitative estimate of drug-likeness (QED) is 0.880. The highest BCUT2D eigenvalue weighted by Crippen LogP contribution is 2.33. The van der Waals surface area contributed by atoms with Crippen molar-refractivity contribution in [1.29, 1.82) is 0 Å². The third-order valence-corrected chi connectivity index (χ3v) is 3.22. The zero-order valence-electron chi connectivity index (χ0n) is 9.41. The van der Waals surface area contributed by atoms with Gasteiger partial charge < -0.3 is 10.6 Å². The zero-order valence-corrected chi connectivity index (χ0v) is 10.2. The van der Waals surface area contributed by atoms with Crippen molar-refractivity contribution in [3.8, 4) is 0 Å². The van der Waals surface area contributed by atoms with Crippen LogP contribution in [-0.4, -0.2) is 28.2 Å². The van der Waals surface area contributed by atoms with Crippen LogP contribution in [0.25, 0.3) is 0 Å². The summed E-state index contributed by atoms with van der Waals surface area (Å²) in [4.78, 5) is 11.6. The Morgan fingerprint density at radius 1 is 1.44 bits per heavy atom. The SMILES string of the molecule is CC(Nc1nnc(C(F)(F)F)s1)C(=O)NC1CC1. The highest BCUT2D eigenvalue weighted by Gasteiger charge is 2.36. The molecular weight excluding hydrogens is 269 g/mol. The molecule has 1 fully saturated rings. The van der Waals surface area contributed by atoms with Crippen LogP contribution < -0.4 is 10.6 Å². The summed E-state index contributed by atoms with van der Waals surface area (Å²) in [5.74, 6) is -0.249. The number of carbonyl (C=O) groups is 1. The van der Waals surface area contributed by atoms with Crippen LogP contribution in [0, 0.1) is 0 Å². The Morgan fingerprint density at radius 2 is 2.11 bits per heavy atom. The predicted octanol–water partition coefficient (Wildman–Crippen LogP) is 1.64. The van der Waals surface area contributed by atoms with E-state index in [-0.39, 0.29) is 17.1 Å². The number of anilines is 1. The number of rotatable bonds is 4. The molecule has 0 spiro atoms. The number of aromatic nitrogens is 2. The molecule has 1 amide bonds. The van der Waals surface area contributed by atoms with Crippen molar-refractivity contribution in [3.05, 3.63) is 5.01 Å². The van der Waals surface area contributed by atoms with E-state index >= 15 is 0 Å². The van der Waals surface area contributed by atoms with E-state index in [1.165, 1.54) is 0 Å². The highest BCUT2D eigenvalue weighted by atomic mass is 32.1. The maximum Gasteiger partial charge on any atom is 0.445 e. The van der Waals surface area contributed by atoms with Gasteiger partial charge in [-0.15, -0.1) is 10.2 Å². The van der Waals surface area contributed by atoms with Gasteiger partial charge in [0.1, 0.15) is 6.04 Å². The fraction of sp³-hybridized carbons (Fsp3) is 0.667. The Balaban J connectivity index is 1.91. The summed E-state index contributed by atoms with van der Waals surface area (Å²) >= 11 is 0.382. The molecule has 18 heavy (non-hydrogen) atoms. The molecule has 1 aliphatic rings. The minimum atomic E-state index is -4.50. The lowest BCUT2D eigenvalue weighted by Crippen LogP contribution is -2.38. The van der Waals surface area contributed by atoms with E-state index in [9.17, 15) is 18.0 Å². The molecule has 0 radical (unpaired) electrons. The lowest BCUT2D eigenvalue weighted by atomic mass is 10.3. The van der Waals surface area contributed by atoms with Crippen molar-refractivity contribution in [2.24, 2.45) is 0 Å². The maximum atomic E-state index is 12.3. The molecule has 1 heterocycles. The molecule has 0 aliphatic heterocycles. The van der Waals surface area contributed by atoms with Crippen molar-refractivity contribution in [3.63, 3.8) is 0 Å². The first kappa shape index (κ1) is 13.1. The Hall–Kier alpha value is -1.38. The molecular formula is C9H11F3N4OS. The molecule has 2 rings (SSSR count). The van der Waals surface area contributed by atoms with E-state index in [2.05, 4.69) is 20.8 Å². The van der Waals surface area contributed by atoms with Crippen LogP contribution in [0.3, 0.4) is 0 Å². The topological polar surface area (TPSA) is 66.9 Å². The summed E-state index contributed by atoms with van der Waals surface area (Å²) in [5.41, 5.74) is 0. The smallest absolute Gasteiger partial charge is 0.352 e. The van der Waals surface area contributed by atoms with Crippen LogP contribution in [0.4, 0.5) is 18.3 Å². The molecule has 1 aromatic rings. The normalized spacial score (nSPS) is 17.3. The Labute approximate surface area is 105 Å². The number of hydrogen-bond donors (Lipinski definition) is 2. The molecule has 1 aliphatic carbocycles. The molecule has 0 bridgehead atoms. The molecule has 2 N–H and O–H groups in total. The van der Waals surface area contributed by atoms with E-state index in [0.29, 0.717) is 11.3 Å². The predicted molar refractivity (Wildman–Crippen MR) is 59.2 cm³/mol. The third-order valence-electron chi connectivity index (χ3n) is 2.32. The number of halogens is 3. The minimum absolute atomic E-state index is 0.0132. The molecule has 9 heteroatoms. The van der Waals surface area contributed by atoms with Crippen molar-refractivity contribution in [2.75, 3.05) is 5.32 Å². The number of hydrogen-bond acceptors (Lipinski definition) is 5. The van der Waals surface area contributed by atoms with E-state index in [1.807, 2.05) is 0 Å². The van der Waals surface area contributed by atoms with Gasteiger partial charge in [-0.1, -0.05) is 11.3 Å². The van der Waals surface area contributed by atoms with Gasteiger partial charge in [-0.05, 0) is 19.8 Å². The molecule has 0 saturated heterocycles. The van der Waals surface area contributed by atoms with Gasteiger partial charge in [0.2, 0.25) is 16.0 Å². The second-order valence-corrected chi connectivity index (χ2v) is 5.04. The summed E-state index contributed by atoms with van der Waals surface area (Å²) in [5, 5.41) is 10.7. The van der Waals surface area contributed by atoms with E-state index in [0.717, 1.165) is 12.8 Å². The maximum absolute atomic E-state index is 12.3. The van der Waals surface area contributed by atoms with Crippen LogP contribution in [0.2, 0.25) is 0 Å². The lowest BCUT2D eigenvalue weighted by molar-refractivity contribution is -0.138. The number of alkyl halides is 3. The van der Waals surface area contributed by atoms with Crippen LogP contribution in [0.5, 0.6) is 0 Å². The monoisotopic (exact) mass is 280 g/mol. The van der Waals surface area contributed by atoms with E-state index in [1.54, 1.807) is 6.92 Å². The minimum Gasteiger partial charge on any atom is -0.352 e. The average molecular weight is 280 g/mol. The van der Waals surface area contributed by atoms with Gasteiger partial charge in [0.25, 0.3) is 0 Å². The lowest BCUT2D eigenvalue weighted by Gasteiger charge is -2.12. The van der Waals surface area contributed by atoms with Crippen molar-refractivity contribution >= 4 is 22.4 Å². The van der Waals surface area contributed by atoms with Crippen molar-refractivity contribution in [1.82, 2.24) is 15.5 Å². The number of amides is 1. The summed E-state index contributed by atoms with van der Waals surface area (Å²) < 4.78 is 36.8.